The molecule has 0 bridgehead atoms. The van der Waals surface area contributed by atoms with Crippen LogP contribution >= 0.6 is 0 Å². The maximum Gasteiger partial charge on any atom is 0.259 e. The molecule has 0 fully saturated rings. The first-order valence-corrected chi connectivity index (χ1v) is 12.1. The van der Waals surface area contributed by atoms with Crippen LogP contribution in [0.3, 0.4) is 0 Å². The van der Waals surface area contributed by atoms with Crippen molar-refractivity contribution < 1.29 is 19.1 Å². The van der Waals surface area contributed by atoms with E-state index in [2.05, 4.69) is 42.6 Å². The van der Waals surface area contributed by atoms with Gasteiger partial charge in [-0.2, -0.15) is 0 Å². The van der Waals surface area contributed by atoms with Crippen molar-refractivity contribution in [3.63, 3.8) is 0 Å². The molecule has 7 nitrogen and oxygen atoms in total. The minimum absolute atomic E-state index is 0.224. The first-order valence-electron chi connectivity index (χ1n) is 12.1. The van der Waals surface area contributed by atoms with E-state index in [0.717, 1.165) is 39.0 Å². The number of methoxy groups -OCH3 is 1. The number of hydrogen-bond acceptors (Lipinski definition) is 5. The zero-order valence-electron chi connectivity index (χ0n) is 21.3. The van der Waals surface area contributed by atoms with Gasteiger partial charge in [-0.1, -0.05) is 18.7 Å². The number of rotatable bonds is 6. The average molecular weight is 486 g/mol. The standard InChI is InChI=1S/C29H31N3O4/c1-16(2)15-36-24-11-10-19(12-25(24)35-6)26-20-13-31(17(3)4)23-9-7-8-21(27(20)23)30-22-14-32(18(5)33)29(34)28(22)26/h7-13,17,26,30H,1,14-15H2,2-6H3. The number of nitrogens with zero attached hydrogens (tertiary/aromatic N) is 2. The van der Waals surface area contributed by atoms with E-state index < -0.39 is 0 Å². The molecule has 2 aliphatic rings. The molecule has 0 saturated heterocycles. The van der Waals surface area contributed by atoms with E-state index in [1.165, 1.54) is 11.8 Å². The van der Waals surface area contributed by atoms with Crippen molar-refractivity contribution in [2.24, 2.45) is 0 Å². The third kappa shape index (κ3) is 3.75. The molecule has 2 aromatic carbocycles. The number of anilines is 1. The molecule has 3 heterocycles. The van der Waals surface area contributed by atoms with Gasteiger partial charge in [-0.25, -0.2) is 0 Å². The lowest BCUT2D eigenvalue weighted by Crippen LogP contribution is -2.33. The summed E-state index contributed by atoms with van der Waals surface area (Å²) < 4.78 is 13.8. The minimum atomic E-state index is -0.389. The maximum atomic E-state index is 13.7. The number of amides is 2. The van der Waals surface area contributed by atoms with Gasteiger partial charge in [0.05, 0.1) is 24.7 Å². The molecule has 36 heavy (non-hydrogen) atoms. The summed E-state index contributed by atoms with van der Waals surface area (Å²) in [7, 11) is 1.60. The predicted octanol–water partition coefficient (Wildman–Crippen LogP) is 5.39. The van der Waals surface area contributed by atoms with E-state index in [-0.39, 0.29) is 30.3 Å². The van der Waals surface area contributed by atoms with Crippen LogP contribution in [0.15, 0.2) is 66.0 Å². The Balaban J connectivity index is 1.74. The Kier molecular flexibility index (Phi) is 5.86. The molecular formula is C29H31N3O4. The summed E-state index contributed by atoms with van der Waals surface area (Å²) >= 11 is 0. The number of hydrogen-bond donors (Lipinski definition) is 1. The van der Waals surface area contributed by atoms with Crippen molar-refractivity contribution in [2.75, 3.05) is 25.6 Å². The molecule has 186 valence electrons. The molecule has 0 radical (unpaired) electrons. The zero-order chi connectivity index (χ0) is 25.7. The Hall–Kier alpha value is -4.00. The van der Waals surface area contributed by atoms with Crippen molar-refractivity contribution in [3.8, 4) is 11.5 Å². The number of benzene rings is 2. The molecule has 0 spiro atoms. The number of carbonyl (C=O) groups is 2. The van der Waals surface area contributed by atoms with Crippen molar-refractivity contribution >= 4 is 28.4 Å². The molecule has 1 aromatic heterocycles. The third-order valence-corrected chi connectivity index (χ3v) is 6.82. The van der Waals surface area contributed by atoms with Gasteiger partial charge in [0.15, 0.2) is 11.5 Å². The van der Waals surface area contributed by atoms with Gasteiger partial charge in [-0.15, -0.1) is 0 Å². The van der Waals surface area contributed by atoms with E-state index in [1.807, 2.05) is 37.3 Å². The molecule has 0 aliphatic carbocycles. The summed E-state index contributed by atoms with van der Waals surface area (Å²) in [5, 5.41) is 4.59. The Morgan fingerprint density at radius 1 is 1.19 bits per heavy atom. The van der Waals surface area contributed by atoms with Gasteiger partial charge in [0, 0.05) is 41.9 Å². The largest absolute Gasteiger partial charge is 0.493 e. The normalized spacial score (nSPS) is 16.8. The van der Waals surface area contributed by atoms with Crippen LogP contribution in [0, 0.1) is 0 Å². The van der Waals surface area contributed by atoms with Gasteiger partial charge < -0.3 is 19.4 Å². The lowest BCUT2D eigenvalue weighted by Gasteiger charge is -2.21. The van der Waals surface area contributed by atoms with E-state index in [9.17, 15) is 9.59 Å². The zero-order valence-corrected chi connectivity index (χ0v) is 21.3. The van der Waals surface area contributed by atoms with Crippen LogP contribution in [-0.2, 0) is 9.59 Å². The first kappa shape index (κ1) is 23.7. The fourth-order valence-electron chi connectivity index (χ4n) is 5.19. The highest BCUT2D eigenvalue weighted by Gasteiger charge is 2.42. The van der Waals surface area contributed by atoms with Crippen LogP contribution in [0.5, 0.6) is 11.5 Å². The van der Waals surface area contributed by atoms with E-state index in [4.69, 9.17) is 9.47 Å². The Morgan fingerprint density at radius 2 is 1.97 bits per heavy atom. The molecule has 5 rings (SSSR count). The molecule has 2 amide bonds. The molecule has 0 saturated carbocycles. The van der Waals surface area contributed by atoms with Crippen molar-refractivity contribution in [3.05, 3.63) is 77.1 Å². The van der Waals surface area contributed by atoms with E-state index in [0.29, 0.717) is 23.7 Å². The highest BCUT2D eigenvalue weighted by Crippen LogP contribution is 2.48. The van der Waals surface area contributed by atoms with Crippen LogP contribution in [0.4, 0.5) is 5.69 Å². The van der Waals surface area contributed by atoms with Crippen molar-refractivity contribution in [1.82, 2.24) is 9.47 Å². The van der Waals surface area contributed by atoms with Crippen LogP contribution in [0.1, 0.15) is 50.8 Å². The second-order valence-corrected chi connectivity index (χ2v) is 9.80. The molecule has 1 unspecified atom stereocenters. The second-order valence-electron chi connectivity index (χ2n) is 9.80. The highest BCUT2D eigenvalue weighted by atomic mass is 16.5. The molecule has 3 aromatic rings. The smallest absolute Gasteiger partial charge is 0.259 e. The van der Waals surface area contributed by atoms with Gasteiger partial charge in [0.2, 0.25) is 5.91 Å². The molecule has 1 atom stereocenters. The first-order chi connectivity index (χ1) is 17.2. The predicted molar refractivity (Wildman–Crippen MR) is 141 cm³/mol. The van der Waals surface area contributed by atoms with Gasteiger partial charge in [0.1, 0.15) is 6.61 Å². The number of nitrogens with one attached hydrogen (secondary N) is 1. The lowest BCUT2D eigenvalue weighted by atomic mass is 9.84. The lowest BCUT2D eigenvalue weighted by molar-refractivity contribution is -0.139. The molecular weight excluding hydrogens is 454 g/mol. The maximum absolute atomic E-state index is 13.7. The monoisotopic (exact) mass is 485 g/mol. The number of imide groups is 1. The summed E-state index contributed by atoms with van der Waals surface area (Å²) in [4.78, 5) is 27.3. The number of carbonyl (C=O) groups excluding carboxylic acids is 2. The van der Waals surface area contributed by atoms with E-state index >= 15 is 0 Å². The van der Waals surface area contributed by atoms with Gasteiger partial charge in [-0.05, 0) is 61.7 Å². The van der Waals surface area contributed by atoms with Crippen LogP contribution in [-0.4, -0.2) is 41.5 Å². The summed E-state index contributed by atoms with van der Waals surface area (Å²) in [6, 6.07) is 12.2. The second kappa shape index (κ2) is 8.90. The van der Waals surface area contributed by atoms with Crippen molar-refractivity contribution in [2.45, 2.75) is 39.7 Å². The van der Waals surface area contributed by atoms with Gasteiger partial charge >= 0.3 is 0 Å². The van der Waals surface area contributed by atoms with Gasteiger partial charge in [-0.3, -0.25) is 14.5 Å². The van der Waals surface area contributed by atoms with Crippen molar-refractivity contribution in [1.29, 1.82) is 0 Å². The fourth-order valence-corrected chi connectivity index (χ4v) is 5.19. The Labute approximate surface area is 211 Å². The average Bonchev–Trinajstić information content (AvgIpc) is 3.33. The SMILES string of the molecule is C=C(C)COc1ccc(C2C3=C(CN(C(C)=O)C3=O)Nc3cccc4c3c2cn4C(C)C)cc1OC. The quantitative estimate of drug-likeness (QED) is 0.474. The topological polar surface area (TPSA) is 72.8 Å². The van der Waals surface area contributed by atoms with Crippen LogP contribution in [0.2, 0.25) is 0 Å². The summed E-state index contributed by atoms with van der Waals surface area (Å²) in [6.45, 7) is 12.1. The van der Waals surface area contributed by atoms with Gasteiger partial charge in [0.25, 0.3) is 5.91 Å². The summed E-state index contributed by atoms with van der Waals surface area (Å²) in [5.41, 5.74) is 6.18. The molecule has 1 N–H and O–H groups in total. The fraction of sp³-hybridized carbons (Fsp3) is 0.310. The number of ether oxygens (including phenoxy) is 2. The summed E-state index contributed by atoms with van der Waals surface area (Å²) in [6.07, 6.45) is 2.14. The Morgan fingerprint density at radius 3 is 2.64 bits per heavy atom. The van der Waals surface area contributed by atoms with Crippen LogP contribution < -0.4 is 14.8 Å². The minimum Gasteiger partial charge on any atom is -0.493 e. The third-order valence-electron chi connectivity index (χ3n) is 6.82. The molecule has 2 aliphatic heterocycles. The molecule has 7 heteroatoms. The summed E-state index contributed by atoms with van der Waals surface area (Å²) in [5.74, 6) is 0.260. The Bertz CT molecular complexity index is 1450. The highest BCUT2D eigenvalue weighted by molar-refractivity contribution is 6.11. The number of aromatic nitrogens is 1. The van der Waals surface area contributed by atoms with E-state index in [1.54, 1.807) is 7.11 Å². The van der Waals surface area contributed by atoms with Crippen LogP contribution in [0.25, 0.3) is 10.9 Å².